The zero-order valence-electron chi connectivity index (χ0n) is 11.2. The normalized spacial score (nSPS) is 20.3. The van der Waals surface area contributed by atoms with Gasteiger partial charge in [0, 0.05) is 33.9 Å². The highest BCUT2D eigenvalue weighted by atomic mass is 35.5. The fourth-order valence-corrected chi connectivity index (χ4v) is 3.83. The van der Waals surface area contributed by atoms with E-state index in [2.05, 4.69) is 17.3 Å². The van der Waals surface area contributed by atoms with Crippen LogP contribution in [-0.4, -0.2) is 34.9 Å². The maximum absolute atomic E-state index is 5.92. The number of aromatic nitrogens is 1. The van der Waals surface area contributed by atoms with E-state index in [-0.39, 0.29) is 0 Å². The van der Waals surface area contributed by atoms with Crippen molar-refractivity contribution < 1.29 is 0 Å². The zero-order chi connectivity index (χ0) is 14.1. The molecule has 1 saturated heterocycles. The Labute approximate surface area is 133 Å². The number of likely N-dealkylation sites (N-methyl/N-ethyl adjacent to an activating group) is 1. The topological polar surface area (TPSA) is 16.1 Å². The van der Waals surface area contributed by atoms with Crippen molar-refractivity contribution >= 4 is 40.0 Å². The summed E-state index contributed by atoms with van der Waals surface area (Å²) in [4.78, 5) is 8.24. The van der Waals surface area contributed by atoms with Crippen molar-refractivity contribution in [3.05, 3.63) is 39.7 Å². The summed E-state index contributed by atoms with van der Waals surface area (Å²) in [6.07, 6.45) is 0.992. The van der Waals surface area contributed by atoms with Crippen LogP contribution in [-0.2, 0) is 0 Å². The Balaban J connectivity index is 1.86. The number of piperidine rings is 1. The van der Waals surface area contributed by atoms with Crippen molar-refractivity contribution in [1.82, 2.24) is 9.88 Å². The van der Waals surface area contributed by atoms with Crippen LogP contribution >= 0.6 is 35.2 Å². The van der Waals surface area contributed by atoms with Gasteiger partial charge in [-0.15, -0.1) is 11.3 Å². The summed E-state index contributed by atoms with van der Waals surface area (Å²) in [5.74, 6) is 0.301. The van der Waals surface area contributed by atoms with Gasteiger partial charge in [-0.2, -0.15) is 0 Å². The van der Waals surface area contributed by atoms with E-state index in [4.69, 9.17) is 28.8 Å². The Kier molecular flexibility index (Phi) is 4.17. The van der Waals surface area contributed by atoms with E-state index in [0.29, 0.717) is 5.92 Å². The van der Waals surface area contributed by atoms with E-state index in [9.17, 15) is 0 Å². The Morgan fingerprint density at radius 2 is 2.10 bits per heavy atom. The molecule has 0 spiro atoms. The summed E-state index contributed by atoms with van der Waals surface area (Å²) in [6.45, 7) is 2.04. The molecule has 1 aliphatic rings. The lowest BCUT2D eigenvalue weighted by molar-refractivity contribution is 0.321. The van der Waals surface area contributed by atoms with Gasteiger partial charge in [0.15, 0.2) is 0 Å². The van der Waals surface area contributed by atoms with Gasteiger partial charge in [0.1, 0.15) is 5.01 Å². The lowest BCUT2D eigenvalue weighted by atomic mass is 9.99. The number of thiocarbonyl (C=S) groups is 1. The predicted molar refractivity (Wildman–Crippen MR) is 90.0 cm³/mol. The molecule has 1 fully saturated rings. The molecule has 1 aromatic heterocycles. The van der Waals surface area contributed by atoms with Crippen molar-refractivity contribution in [2.45, 2.75) is 12.3 Å². The lowest BCUT2D eigenvalue weighted by Crippen LogP contribution is -2.36. The first-order chi connectivity index (χ1) is 9.63. The Morgan fingerprint density at radius 3 is 2.85 bits per heavy atom. The van der Waals surface area contributed by atoms with Crippen molar-refractivity contribution in [3.8, 4) is 11.3 Å². The molecule has 1 aromatic carbocycles. The first kappa shape index (κ1) is 14.1. The molecule has 1 atom stereocenters. The third kappa shape index (κ3) is 2.93. The number of hydrogen-bond acceptors (Lipinski definition) is 4. The maximum Gasteiger partial charge on any atom is 0.103 e. The van der Waals surface area contributed by atoms with Crippen molar-refractivity contribution in [2.24, 2.45) is 0 Å². The van der Waals surface area contributed by atoms with E-state index in [0.717, 1.165) is 45.7 Å². The number of hydrogen-bond donors (Lipinski definition) is 0. The molecule has 2 heterocycles. The summed E-state index contributed by atoms with van der Waals surface area (Å²) >= 11 is 13.2. The van der Waals surface area contributed by atoms with Crippen LogP contribution in [0.5, 0.6) is 0 Å². The predicted octanol–water partition coefficient (Wildman–Crippen LogP) is 4.25. The standard InChI is InChI=1S/C15H15ClN2S2/c1-18-7-6-14(19)12(8-18)15-17-13(9-20-15)10-2-4-11(16)5-3-10/h2-5,9,12H,6-8H2,1H3. The number of rotatable bonds is 2. The molecular weight excluding hydrogens is 308 g/mol. The summed E-state index contributed by atoms with van der Waals surface area (Å²) in [5.41, 5.74) is 2.12. The Hall–Kier alpha value is -0.810. The van der Waals surface area contributed by atoms with E-state index in [1.165, 1.54) is 0 Å². The molecule has 2 nitrogen and oxygen atoms in total. The molecule has 0 bridgehead atoms. The number of nitrogens with zero attached hydrogens (tertiary/aromatic N) is 2. The molecule has 20 heavy (non-hydrogen) atoms. The third-order valence-corrected chi connectivity index (χ3v) is 5.28. The van der Waals surface area contributed by atoms with Crippen LogP contribution < -0.4 is 0 Å². The van der Waals surface area contributed by atoms with Gasteiger partial charge in [0.2, 0.25) is 0 Å². The highest BCUT2D eigenvalue weighted by molar-refractivity contribution is 7.80. The molecule has 2 aromatic rings. The van der Waals surface area contributed by atoms with Crippen molar-refractivity contribution in [1.29, 1.82) is 0 Å². The van der Waals surface area contributed by atoms with E-state index in [1.54, 1.807) is 11.3 Å². The summed E-state index contributed by atoms with van der Waals surface area (Å²) in [7, 11) is 2.14. The zero-order valence-corrected chi connectivity index (χ0v) is 13.6. The largest absolute Gasteiger partial charge is 0.305 e. The highest BCUT2D eigenvalue weighted by Crippen LogP contribution is 2.31. The van der Waals surface area contributed by atoms with Crippen LogP contribution in [0.4, 0.5) is 0 Å². The first-order valence-corrected chi connectivity index (χ1v) is 8.22. The second-order valence-corrected chi connectivity index (χ2v) is 6.96. The number of likely N-dealkylation sites (tertiary alicyclic amines) is 1. The number of thiazole rings is 1. The fourth-order valence-electron chi connectivity index (χ4n) is 2.40. The minimum absolute atomic E-state index is 0.301. The molecular formula is C15H15ClN2S2. The van der Waals surface area contributed by atoms with Gasteiger partial charge in [-0.25, -0.2) is 4.98 Å². The molecule has 0 aliphatic carbocycles. The van der Waals surface area contributed by atoms with Crippen molar-refractivity contribution in [2.75, 3.05) is 20.1 Å². The molecule has 104 valence electrons. The first-order valence-electron chi connectivity index (χ1n) is 6.56. The van der Waals surface area contributed by atoms with Gasteiger partial charge in [-0.1, -0.05) is 36.0 Å². The average molecular weight is 323 g/mol. The lowest BCUT2D eigenvalue weighted by Gasteiger charge is -2.29. The molecule has 0 saturated carbocycles. The van der Waals surface area contributed by atoms with Crippen LogP contribution in [0.3, 0.4) is 0 Å². The third-order valence-electron chi connectivity index (χ3n) is 3.58. The summed E-state index contributed by atoms with van der Waals surface area (Å²) < 4.78 is 0. The molecule has 1 aliphatic heterocycles. The monoisotopic (exact) mass is 322 g/mol. The van der Waals surface area contributed by atoms with Gasteiger partial charge in [-0.05, 0) is 25.6 Å². The number of halogens is 1. The summed E-state index contributed by atoms with van der Waals surface area (Å²) in [5, 5.41) is 3.99. The molecule has 1 unspecified atom stereocenters. The Morgan fingerprint density at radius 1 is 1.35 bits per heavy atom. The van der Waals surface area contributed by atoms with E-state index >= 15 is 0 Å². The van der Waals surface area contributed by atoms with Gasteiger partial charge in [0.05, 0.1) is 11.6 Å². The molecule has 0 amide bonds. The summed E-state index contributed by atoms with van der Waals surface area (Å²) in [6, 6.07) is 7.81. The second kappa shape index (κ2) is 5.90. The van der Waals surface area contributed by atoms with E-state index < -0.39 is 0 Å². The number of benzene rings is 1. The van der Waals surface area contributed by atoms with Crippen LogP contribution in [0.2, 0.25) is 5.02 Å². The SMILES string of the molecule is CN1CCC(=S)C(c2nc(-c3ccc(Cl)cc3)cs2)C1. The molecule has 5 heteroatoms. The van der Waals surface area contributed by atoms with Crippen LogP contribution in [0, 0.1) is 0 Å². The Bertz CT molecular complexity index is 621. The van der Waals surface area contributed by atoms with Gasteiger partial charge in [-0.3, -0.25) is 0 Å². The fraction of sp³-hybridized carbons (Fsp3) is 0.333. The van der Waals surface area contributed by atoms with Crippen LogP contribution in [0.1, 0.15) is 17.3 Å². The quantitative estimate of drug-likeness (QED) is 0.769. The minimum Gasteiger partial charge on any atom is -0.305 e. The minimum atomic E-state index is 0.301. The smallest absolute Gasteiger partial charge is 0.103 e. The van der Waals surface area contributed by atoms with Crippen LogP contribution in [0.15, 0.2) is 29.6 Å². The van der Waals surface area contributed by atoms with Crippen LogP contribution in [0.25, 0.3) is 11.3 Å². The highest BCUT2D eigenvalue weighted by Gasteiger charge is 2.26. The van der Waals surface area contributed by atoms with Gasteiger partial charge < -0.3 is 4.90 Å². The second-order valence-electron chi connectivity index (χ2n) is 5.11. The average Bonchev–Trinajstić information content (AvgIpc) is 2.92. The molecule has 0 N–H and O–H groups in total. The van der Waals surface area contributed by atoms with Gasteiger partial charge >= 0.3 is 0 Å². The van der Waals surface area contributed by atoms with Crippen molar-refractivity contribution in [3.63, 3.8) is 0 Å². The van der Waals surface area contributed by atoms with Gasteiger partial charge in [0.25, 0.3) is 0 Å². The molecule has 3 rings (SSSR count). The maximum atomic E-state index is 5.92. The van der Waals surface area contributed by atoms with E-state index in [1.807, 2.05) is 24.3 Å². The molecule has 0 radical (unpaired) electrons.